The molecular formula is C16H19NO3. The second-order valence-corrected chi connectivity index (χ2v) is 4.64. The van der Waals surface area contributed by atoms with Crippen LogP contribution in [0.5, 0.6) is 0 Å². The lowest BCUT2D eigenvalue weighted by atomic mass is 10.2. The van der Waals surface area contributed by atoms with Crippen LogP contribution in [0.2, 0.25) is 0 Å². The first-order valence-electron chi connectivity index (χ1n) is 6.74. The zero-order valence-corrected chi connectivity index (χ0v) is 11.5. The van der Waals surface area contributed by atoms with Gasteiger partial charge in [0.05, 0.1) is 12.8 Å². The van der Waals surface area contributed by atoms with Crippen LogP contribution in [0.4, 0.5) is 0 Å². The number of carbonyl (C=O) groups is 1. The van der Waals surface area contributed by atoms with Crippen molar-refractivity contribution in [1.29, 1.82) is 0 Å². The third-order valence-electron chi connectivity index (χ3n) is 3.14. The maximum atomic E-state index is 12.0. The zero-order chi connectivity index (χ0) is 14.4. The standard InChI is InChI=1S/C16H19NO3/c1-2-16(19)17(11-13-7-4-3-5-8-13)12-14(18)15-9-6-10-20-15/h3-10,14,18H,2,11-12H2,1H3. The van der Waals surface area contributed by atoms with Gasteiger partial charge in [-0.25, -0.2) is 0 Å². The molecular weight excluding hydrogens is 254 g/mol. The van der Waals surface area contributed by atoms with E-state index in [0.29, 0.717) is 18.7 Å². The molecule has 0 saturated heterocycles. The lowest BCUT2D eigenvalue weighted by Crippen LogP contribution is -2.33. The number of hydrogen-bond acceptors (Lipinski definition) is 3. The molecule has 20 heavy (non-hydrogen) atoms. The smallest absolute Gasteiger partial charge is 0.222 e. The zero-order valence-electron chi connectivity index (χ0n) is 11.5. The Kier molecular flexibility index (Phi) is 4.96. The van der Waals surface area contributed by atoms with E-state index >= 15 is 0 Å². The van der Waals surface area contributed by atoms with Crippen LogP contribution in [-0.4, -0.2) is 22.5 Å². The molecule has 4 heteroatoms. The molecule has 0 radical (unpaired) electrons. The molecule has 1 heterocycles. The van der Waals surface area contributed by atoms with Crippen LogP contribution in [0, 0.1) is 0 Å². The molecule has 2 rings (SSSR count). The van der Waals surface area contributed by atoms with Crippen molar-refractivity contribution in [2.24, 2.45) is 0 Å². The van der Waals surface area contributed by atoms with Gasteiger partial charge in [-0.1, -0.05) is 37.3 Å². The number of nitrogens with zero attached hydrogens (tertiary/aromatic N) is 1. The highest BCUT2D eigenvalue weighted by Crippen LogP contribution is 2.17. The molecule has 1 aromatic carbocycles. The summed E-state index contributed by atoms with van der Waals surface area (Å²) in [4.78, 5) is 13.7. The third kappa shape index (κ3) is 3.71. The van der Waals surface area contributed by atoms with Crippen molar-refractivity contribution in [2.75, 3.05) is 6.54 Å². The van der Waals surface area contributed by atoms with Crippen molar-refractivity contribution in [3.8, 4) is 0 Å². The van der Waals surface area contributed by atoms with Crippen LogP contribution in [0.15, 0.2) is 53.1 Å². The van der Waals surface area contributed by atoms with Gasteiger partial charge in [0.25, 0.3) is 0 Å². The van der Waals surface area contributed by atoms with Gasteiger partial charge in [0.2, 0.25) is 5.91 Å². The molecule has 1 N–H and O–H groups in total. The Morgan fingerprint density at radius 1 is 1.25 bits per heavy atom. The summed E-state index contributed by atoms with van der Waals surface area (Å²) in [5.74, 6) is 0.492. The average Bonchev–Trinajstić information content (AvgIpc) is 3.01. The first kappa shape index (κ1) is 14.3. The van der Waals surface area contributed by atoms with Crippen LogP contribution >= 0.6 is 0 Å². The molecule has 2 aromatic rings. The summed E-state index contributed by atoms with van der Waals surface area (Å²) in [6.07, 6.45) is 1.13. The van der Waals surface area contributed by atoms with Gasteiger partial charge in [-0.3, -0.25) is 4.79 Å². The lowest BCUT2D eigenvalue weighted by Gasteiger charge is -2.24. The van der Waals surface area contributed by atoms with E-state index in [9.17, 15) is 9.90 Å². The molecule has 0 spiro atoms. The summed E-state index contributed by atoms with van der Waals surface area (Å²) >= 11 is 0. The van der Waals surface area contributed by atoms with E-state index in [1.165, 1.54) is 6.26 Å². The van der Waals surface area contributed by atoms with Gasteiger partial charge in [0, 0.05) is 13.0 Å². The number of rotatable bonds is 6. The second kappa shape index (κ2) is 6.91. The first-order chi connectivity index (χ1) is 9.70. The highest BCUT2D eigenvalue weighted by molar-refractivity contribution is 5.75. The average molecular weight is 273 g/mol. The van der Waals surface area contributed by atoms with Crippen molar-refractivity contribution in [1.82, 2.24) is 4.90 Å². The topological polar surface area (TPSA) is 53.7 Å². The molecule has 106 valence electrons. The van der Waals surface area contributed by atoms with Crippen LogP contribution in [-0.2, 0) is 11.3 Å². The maximum absolute atomic E-state index is 12.0. The Morgan fingerprint density at radius 3 is 2.60 bits per heavy atom. The SMILES string of the molecule is CCC(=O)N(Cc1ccccc1)CC(O)c1ccco1. The van der Waals surface area contributed by atoms with E-state index in [-0.39, 0.29) is 12.5 Å². The van der Waals surface area contributed by atoms with Crippen molar-refractivity contribution < 1.29 is 14.3 Å². The predicted octanol–water partition coefficient (Wildman–Crippen LogP) is 2.75. The Labute approximate surface area is 118 Å². The predicted molar refractivity (Wildman–Crippen MR) is 75.8 cm³/mol. The van der Waals surface area contributed by atoms with Crippen LogP contribution in [0.1, 0.15) is 30.8 Å². The van der Waals surface area contributed by atoms with Gasteiger partial charge in [-0.05, 0) is 17.7 Å². The number of carbonyl (C=O) groups excluding carboxylic acids is 1. The van der Waals surface area contributed by atoms with Gasteiger partial charge in [0.1, 0.15) is 11.9 Å². The number of benzene rings is 1. The van der Waals surface area contributed by atoms with Crippen molar-refractivity contribution >= 4 is 5.91 Å². The first-order valence-corrected chi connectivity index (χ1v) is 6.74. The summed E-state index contributed by atoms with van der Waals surface area (Å²) in [7, 11) is 0. The van der Waals surface area contributed by atoms with Gasteiger partial charge in [-0.2, -0.15) is 0 Å². The van der Waals surface area contributed by atoms with Crippen LogP contribution < -0.4 is 0 Å². The van der Waals surface area contributed by atoms with Gasteiger partial charge in [-0.15, -0.1) is 0 Å². The van der Waals surface area contributed by atoms with E-state index < -0.39 is 6.10 Å². The highest BCUT2D eigenvalue weighted by atomic mass is 16.4. The molecule has 1 unspecified atom stereocenters. The van der Waals surface area contributed by atoms with Crippen LogP contribution in [0.3, 0.4) is 0 Å². The van der Waals surface area contributed by atoms with Gasteiger partial charge in [0.15, 0.2) is 0 Å². The molecule has 1 amide bonds. The summed E-state index contributed by atoms with van der Waals surface area (Å²) in [5, 5.41) is 10.1. The van der Waals surface area contributed by atoms with Crippen molar-refractivity contribution in [3.63, 3.8) is 0 Å². The highest BCUT2D eigenvalue weighted by Gasteiger charge is 2.19. The van der Waals surface area contributed by atoms with E-state index in [0.717, 1.165) is 5.56 Å². The number of amides is 1. The summed E-state index contributed by atoms with van der Waals surface area (Å²) in [6.45, 7) is 2.54. The Hall–Kier alpha value is -2.07. The number of aliphatic hydroxyl groups is 1. The fourth-order valence-electron chi connectivity index (χ4n) is 2.06. The molecule has 0 aliphatic carbocycles. The molecule has 0 aliphatic heterocycles. The van der Waals surface area contributed by atoms with Crippen molar-refractivity contribution in [2.45, 2.75) is 26.0 Å². The molecule has 0 saturated carbocycles. The quantitative estimate of drug-likeness (QED) is 0.880. The molecule has 1 aromatic heterocycles. The Morgan fingerprint density at radius 2 is 2.00 bits per heavy atom. The third-order valence-corrected chi connectivity index (χ3v) is 3.14. The molecule has 0 bridgehead atoms. The number of furan rings is 1. The summed E-state index contributed by atoms with van der Waals surface area (Å²) in [6, 6.07) is 13.2. The van der Waals surface area contributed by atoms with E-state index in [4.69, 9.17) is 4.42 Å². The Balaban J connectivity index is 2.06. The largest absolute Gasteiger partial charge is 0.467 e. The van der Waals surface area contributed by atoms with E-state index in [1.54, 1.807) is 17.0 Å². The molecule has 1 atom stereocenters. The fourth-order valence-corrected chi connectivity index (χ4v) is 2.06. The lowest BCUT2D eigenvalue weighted by molar-refractivity contribution is -0.133. The van der Waals surface area contributed by atoms with Gasteiger partial charge < -0.3 is 14.4 Å². The van der Waals surface area contributed by atoms with Gasteiger partial charge >= 0.3 is 0 Å². The molecule has 4 nitrogen and oxygen atoms in total. The summed E-state index contributed by atoms with van der Waals surface area (Å²) in [5.41, 5.74) is 1.04. The second-order valence-electron chi connectivity index (χ2n) is 4.64. The normalized spacial score (nSPS) is 12.1. The monoisotopic (exact) mass is 273 g/mol. The number of aliphatic hydroxyl groups excluding tert-OH is 1. The number of hydrogen-bond donors (Lipinski definition) is 1. The van der Waals surface area contributed by atoms with Crippen molar-refractivity contribution in [3.05, 3.63) is 60.1 Å². The maximum Gasteiger partial charge on any atom is 0.222 e. The molecule has 0 fully saturated rings. The van der Waals surface area contributed by atoms with E-state index in [1.807, 2.05) is 37.3 Å². The molecule has 0 aliphatic rings. The minimum absolute atomic E-state index is 0.0134. The minimum Gasteiger partial charge on any atom is -0.467 e. The summed E-state index contributed by atoms with van der Waals surface area (Å²) < 4.78 is 5.17. The van der Waals surface area contributed by atoms with Crippen LogP contribution in [0.25, 0.3) is 0 Å². The Bertz CT molecular complexity index is 522. The minimum atomic E-state index is -0.802. The van der Waals surface area contributed by atoms with E-state index in [2.05, 4.69) is 0 Å². The fraction of sp³-hybridized carbons (Fsp3) is 0.312.